The molecule has 0 spiro atoms. The van der Waals surface area contributed by atoms with Gasteiger partial charge in [0.2, 0.25) is 11.8 Å². The first-order chi connectivity index (χ1) is 13.9. The number of hydrogen-bond donors (Lipinski definition) is 2. The smallest absolute Gasteiger partial charge is 0.244 e. The molecule has 1 atom stereocenters. The van der Waals surface area contributed by atoms with Crippen LogP contribution in [0.15, 0.2) is 18.2 Å². The van der Waals surface area contributed by atoms with Crippen LogP contribution in [0.3, 0.4) is 0 Å². The van der Waals surface area contributed by atoms with Crippen LogP contribution >= 0.6 is 0 Å². The highest BCUT2D eigenvalue weighted by molar-refractivity contribution is 5.85. The van der Waals surface area contributed by atoms with E-state index in [9.17, 15) is 9.59 Å². The number of amides is 2. The van der Waals surface area contributed by atoms with Gasteiger partial charge < -0.3 is 25.4 Å². The summed E-state index contributed by atoms with van der Waals surface area (Å²) in [6.45, 7) is 2.76. The largest absolute Gasteiger partial charge is 0.493 e. The fourth-order valence-corrected chi connectivity index (χ4v) is 3.18. The predicted octanol–water partition coefficient (Wildman–Crippen LogP) is -0.136. The number of ether oxygens (including phenoxy) is 2. The molecule has 10 nitrogen and oxygen atoms in total. The number of carbonyl (C=O) groups is 2. The maximum absolute atomic E-state index is 12.6. The zero-order valence-corrected chi connectivity index (χ0v) is 16.8. The molecule has 1 saturated heterocycles. The number of nitrogens with zero attached hydrogens (tertiary/aromatic N) is 4. The zero-order valence-electron chi connectivity index (χ0n) is 16.8. The summed E-state index contributed by atoms with van der Waals surface area (Å²) < 4.78 is 12.1. The van der Waals surface area contributed by atoms with Crippen molar-refractivity contribution >= 4 is 11.8 Å². The summed E-state index contributed by atoms with van der Waals surface area (Å²) in [4.78, 5) is 30.2. The van der Waals surface area contributed by atoms with Gasteiger partial charge in [0.25, 0.3) is 0 Å². The van der Waals surface area contributed by atoms with Gasteiger partial charge in [-0.1, -0.05) is 6.07 Å². The Morgan fingerprint density at radius 3 is 2.72 bits per heavy atom. The average Bonchev–Trinajstić information content (AvgIpc) is 3.10. The van der Waals surface area contributed by atoms with E-state index in [1.165, 1.54) is 9.58 Å². The molecule has 0 radical (unpaired) electrons. The minimum Gasteiger partial charge on any atom is -0.493 e. The van der Waals surface area contributed by atoms with E-state index >= 15 is 0 Å². The lowest BCUT2D eigenvalue weighted by atomic mass is 10.1. The molecule has 0 saturated carbocycles. The summed E-state index contributed by atoms with van der Waals surface area (Å²) in [6.07, 6.45) is 0.452. The Bertz CT molecular complexity index is 895. The summed E-state index contributed by atoms with van der Waals surface area (Å²) >= 11 is 0. The van der Waals surface area contributed by atoms with E-state index in [1.54, 1.807) is 21.1 Å². The first-order valence-corrected chi connectivity index (χ1v) is 9.35. The van der Waals surface area contributed by atoms with Crippen LogP contribution in [0.2, 0.25) is 0 Å². The number of rotatable bonds is 7. The molecule has 1 aromatic heterocycles. The Labute approximate surface area is 169 Å². The van der Waals surface area contributed by atoms with Gasteiger partial charge in [0.1, 0.15) is 12.4 Å². The number of piperazine rings is 1. The Hall–Kier alpha value is -3.14. The van der Waals surface area contributed by atoms with E-state index in [0.717, 1.165) is 5.56 Å². The summed E-state index contributed by atoms with van der Waals surface area (Å²) in [7, 11) is 3.16. The third-order valence-corrected chi connectivity index (χ3v) is 4.64. The van der Waals surface area contributed by atoms with Gasteiger partial charge in [0.05, 0.1) is 26.8 Å². The molecule has 0 aliphatic carbocycles. The molecule has 3 N–H and O–H groups in total. The van der Waals surface area contributed by atoms with E-state index in [4.69, 9.17) is 15.2 Å². The highest BCUT2D eigenvalue weighted by atomic mass is 16.5. The molecular weight excluding hydrogens is 376 g/mol. The van der Waals surface area contributed by atoms with Gasteiger partial charge >= 0.3 is 0 Å². The minimum atomic E-state index is -0.390. The maximum atomic E-state index is 12.6. The van der Waals surface area contributed by atoms with Gasteiger partial charge in [-0.2, -0.15) is 5.10 Å². The van der Waals surface area contributed by atoms with E-state index < -0.39 is 0 Å². The van der Waals surface area contributed by atoms with E-state index in [-0.39, 0.29) is 30.9 Å². The lowest BCUT2D eigenvalue weighted by molar-refractivity contribution is -0.138. The standard InChI is InChI=1S/C19H26N6O4/c1-12(20)19-22-16(9-13-4-5-14(28-2)15(8-13)29-3)23-25(19)11-18(27)24-7-6-21-17(26)10-24/h4-5,8,12H,6-7,9-11,20H2,1-3H3,(H,21,26)/t12-/m1/s1. The average molecular weight is 402 g/mol. The molecule has 1 aliphatic rings. The molecule has 29 heavy (non-hydrogen) atoms. The van der Waals surface area contributed by atoms with Crippen LogP contribution in [0.1, 0.15) is 30.2 Å². The molecule has 2 aromatic rings. The Morgan fingerprint density at radius 1 is 1.31 bits per heavy atom. The highest BCUT2D eigenvalue weighted by Gasteiger charge is 2.23. The summed E-state index contributed by atoms with van der Waals surface area (Å²) in [5.41, 5.74) is 6.97. The van der Waals surface area contributed by atoms with Crippen molar-refractivity contribution < 1.29 is 19.1 Å². The molecule has 10 heteroatoms. The molecule has 1 fully saturated rings. The number of benzene rings is 1. The van der Waals surface area contributed by atoms with Crippen LogP contribution in [0, 0.1) is 0 Å². The molecule has 2 heterocycles. The van der Waals surface area contributed by atoms with Gasteiger partial charge in [-0.15, -0.1) is 0 Å². The van der Waals surface area contributed by atoms with Crippen molar-refractivity contribution in [3.05, 3.63) is 35.4 Å². The minimum absolute atomic E-state index is 0.0108. The van der Waals surface area contributed by atoms with Gasteiger partial charge in [-0.3, -0.25) is 9.59 Å². The first kappa shape index (κ1) is 20.6. The van der Waals surface area contributed by atoms with Gasteiger partial charge in [0, 0.05) is 19.5 Å². The topological polar surface area (TPSA) is 125 Å². The number of carbonyl (C=O) groups excluding carboxylic acids is 2. The molecular formula is C19H26N6O4. The predicted molar refractivity (Wildman–Crippen MR) is 105 cm³/mol. The molecule has 0 unspecified atom stereocenters. The summed E-state index contributed by atoms with van der Waals surface area (Å²) in [5, 5.41) is 7.19. The lowest BCUT2D eigenvalue weighted by Crippen LogP contribution is -2.50. The quantitative estimate of drug-likeness (QED) is 0.661. The third-order valence-electron chi connectivity index (χ3n) is 4.64. The molecule has 1 aliphatic heterocycles. The molecule has 2 amide bonds. The Kier molecular flexibility index (Phi) is 6.32. The molecule has 156 valence electrons. The highest BCUT2D eigenvalue weighted by Crippen LogP contribution is 2.28. The van der Waals surface area contributed by atoms with Crippen LogP contribution in [0.5, 0.6) is 11.5 Å². The zero-order chi connectivity index (χ0) is 21.0. The number of nitrogens with one attached hydrogen (secondary N) is 1. The maximum Gasteiger partial charge on any atom is 0.244 e. The van der Waals surface area contributed by atoms with Crippen molar-refractivity contribution in [1.29, 1.82) is 0 Å². The molecule has 0 bridgehead atoms. The monoisotopic (exact) mass is 402 g/mol. The fraction of sp³-hybridized carbons (Fsp3) is 0.474. The summed E-state index contributed by atoms with van der Waals surface area (Å²) in [6, 6.07) is 5.20. The Balaban J connectivity index is 1.78. The van der Waals surface area contributed by atoms with Crippen LogP contribution in [0.4, 0.5) is 0 Å². The van der Waals surface area contributed by atoms with Crippen molar-refractivity contribution in [2.75, 3.05) is 33.9 Å². The lowest BCUT2D eigenvalue weighted by Gasteiger charge is -2.26. The molecule has 1 aromatic carbocycles. The Morgan fingerprint density at radius 2 is 2.07 bits per heavy atom. The van der Waals surface area contributed by atoms with Crippen molar-refractivity contribution in [2.45, 2.75) is 25.9 Å². The van der Waals surface area contributed by atoms with Crippen LogP contribution in [0.25, 0.3) is 0 Å². The second-order valence-electron chi connectivity index (χ2n) is 6.86. The van der Waals surface area contributed by atoms with Crippen molar-refractivity contribution in [3.8, 4) is 11.5 Å². The van der Waals surface area contributed by atoms with E-state index in [2.05, 4.69) is 15.4 Å². The SMILES string of the molecule is COc1ccc(Cc2nc([C@@H](C)N)n(CC(=O)N3CCNC(=O)C3)n2)cc1OC. The second kappa shape index (κ2) is 8.91. The normalized spacial score (nSPS) is 15.0. The fourth-order valence-electron chi connectivity index (χ4n) is 3.18. The van der Waals surface area contributed by atoms with Crippen LogP contribution < -0.4 is 20.5 Å². The van der Waals surface area contributed by atoms with Crippen molar-refractivity contribution in [1.82, 2.24) is 25.0 Å². The van der Waals surface area contributed by atoms with E-state index in [1.807, 2.05) is 18.2 Å². The number of nitrogens with two attached hydrogens (primary N) is 1. The first-order valence-electron chi connectivity index (χ1n) is 9.35. The number of aromatic nitrogens is 3. The van der Waals surface area contributed by atoms with Crippen LogP contribution in [-0.2, 0) is 22.6 Å². The number of methoxy groups -OCH3 is 2. The van der Waals surface area contributed by atoms with Gasteiger partial charge in [-0.25, -0.2) is 9.67 Å². The van der Waals surface area contributed by atoms with Crippen molar-refractivity contribution in [2.24, 2.45) is 5.73 Å². The van der Waals surface area contributed by atoms with E-state index in [0.29, 0.717) is 42.7 Å². The third kappa shape index (κ3) is 4.83. The van der Waals surface area contributed by atoms with Gasteiger partial charge in [-0.05, 0) is 24.6 Å². The summed E-state index contributed by atoms with van der Waals surface area (Å²) in [5.74, 6) is 1.98. The molecule has 3 rings (SSSR count). The van der Waals surface area contributed by atoms with Gasteiger partial charge in [0.15, 0.2) is 17.3 Å². The number of hydrogen-bond acceptors (Lipinski definition) is 7. The van der Waals surface area contributed by atoms with Crippen molar-refractivity contribution in [3.63, 3.8) is 0 Å². The second-order valence-corrected chi connectivity index (χ2v) is 6.86. The van der Waals surface area contributed by atoms with Crippen LogP contribution in [-0.4, -0.2) is 65.3 Å².